The number of pyridine rings is 1. The van der Waals surface area contributed by atoms with Crippen molar-refractivity contribution in [2.75, 3.05) is 5.32 Å². The van der Waals surface area contributed by atoms with Gasteiger partial charge in [-0.3, -0.25) is 9.78 Å². The van der Waals surface area contributed by atoms with Crippen molar-refractivity contribution in [3.63, 3.8) is 0 Å². The number of aryl methyl sites for hydroxylation is 1. The molecule has 1 amide bonds. The SMILES string of the molecule is O=C(CCc1cccnc1)Nc1c(F)cccc1F. The number of nitrogens with zero attached hydrogens (tertiary/aromatic N) is 1. The second kappa shape index (κ2) is 6.04. The number of anilines is 1. The smallest absolute Gasteiger partial charge is 0.224 e. The van der Waals surface area contributed by atoms with Gasteiger partial charge in [-0.15, -0.1) is 0 Å². The van der Waals surface area contributed by atoms with Gasteiger partial charge >= 0.3 is 0 Å². The highest BCUT2D eigenvalue weighted by Gasteiger charge is 2.11. The van der Waals surface area contributed by atoms with E-state index in [4.69, 9.17) is 0 Å². The topological polar surface area (TPSA) is 42.0 Å². The fourth-order valence-electron chi connectivity index (χ4n) is 1.62. The number of benzene rings is 1. The van der Waals surface area contributed by atoms with Crippen LogP contribution in [0.1, 0.15) is 12.0 Å². The van der Waals surface area contributed by atoms with Gasteiger partial charge in [0, 0.05) is 18.8 Å². The Bertz CT molecular complexity index is 553. The summed E-state index contributed by atoms with van der Waals surface area (Å²) >= 11 is 0. The molecule has 2 rings (SSSR count). The molecule has 0 spiro atoms. The molecular formula is C14H12F2N2O. The Hall–Kier alpha value is -2.30. The molecule has 98 valence electrons. The minimum atomic E-state index is -0.783. The fraction of sp³-hybridized carbons (Fsp3) is 0.143. The molecule has 1 aromatic carbocycles. The number of hydrogen-bond donors (Lipinski definition) is 1. The van der Waals surface area contributed by atoms with Crippen LogP contribution in [0, 0.1) is 11.6 Å². The molecule has 1 aromatic heterocycles. The molecule has 0 unspecified atom stereocenters. The number of halogens is 2. The molecule has 0 aliphatic rings. The van der Waals surface area contributed by atoms with Gasteiger partial charge in [0.15, 0.2) is 0 Å². The van der Waals surface area contributed by atoms with Crippen LogP contribution in [0.4, 0.5) is 14.5 Å². The molecule has 0 bridgehead atoms. The molecule has 0 atom stereocenters. The van der Waals surface area contributed by atoms with Gasteiger partial charge in [-0.25, -0.2) is 8.78 Å². The summed E-state index contributed by atoms with van der Waals surface area (Å²) < 4.78 is 26.6. The molecule has 0 saturated heterocycles. The predicted octanol–water partition coefficient (Wildman–Crippen LogP) is 2.93. The highest BCUT2D eigenvalue weighted by atomic mass is 19.1. The van der Waals surface area contributed by atoms with Crippen LogP contribution in [0.15, 0.2) is 42.7 Å². The van der Waals surface area contributed by atoms with Crippen LogP contribution in [-0.2, 0) is 11.2 Å². The Balaban J connectivity index is 1.95. The summed E-state index contributed by atoms with van der Waals surface area (Å²) in [6.07, 6.45) is 3.89. The molecule has 0 radical (unpaired) electrons. The first-order valence-electron chi connectivity index (χ1n) is 5.79. The van der Waals surface area contributed by atoms with Gasteiger partial charge in [0.05, 0.1) is 0 Å². The van der Waals surface area contributed by atoms with Gasteiger partial charge in [-0.05, 0) is 30.2 Å². The van der Waals surface area contributed by atoms with Crippen molar-refractivity contribution in [3.8, 4) is 0 Å². The maximum Gasteiger partial charge on any atom is 0.224 e. The van der Waals surface area contributed by atoms with Crippen molar-refractivity contribution in [2.45, 2.75) is 12.8 Å². The highest BCUT2D eigenvalue weighted by molar-refractivity contribution is 5.91. The summed E-state index contributed by atoms with van der Waals surface area (Å²) in [5, 5.41) is 2.24. The zero-order chi connectivity index (χ0) is 13.7. The third-order valence-corrected chi connectivity index (χ3v) is 2.59. The van der Waals surface area contributed by atoms with Gasteiger partial charge in [0.25, 0.3) is 0 Å². The van der Waals surface area contributed by atoms with Crippen LogP contribution in [0.3, 0.4) is 0 Å². The molecule has 0 aliphatic heterocycles. The minimum Gasteiger partial charge on any atom is -0.321 e. The monoisotopic (exact) mass is 262 g/mol. The van der Waals surface area contributed by atoms with Gasteiger partial charge in [0.2, 0.25) is 5.91 Å². The lowest BCUT2D eigenvalue weighted by Crippen LogP contribution is -2.14. The molecule has 3 nitrogen and oxygen atoms in total. The lowest BCUT2D eigenvalue weighted by molar-refractivity contribution is -0.116. The average Bonchev–Trinajstić information content (AvgIpc) is 2.42. The third kappa shape index (κ3) is 3.58. The normalized spacial score (nSPS) is 10.2. The van der Waals surface area contributed by atoms with Crippen LogP contribution in [0.2, 0.25) is 0 Å². The number of aromatic nitrogens is 1. The molecule has 0 fully saturated rings. The zero-order valence-corrected chi connectivity index (χ0v) is 10.1. The molecule has 0 aliphatic carbocycles. The summed E-state index contributed by atoms with van der Waals surface area (Å²) in [5.74, 6) is -2.00. The quantitative estimate of drug-likeness (QED) is 0.920. The predicted molar refractivity (Wildman–Crippen MR) is 67.5 cm³/mol. The maximum atomic E-state index is 13.3. The Labute approximate surface area is 109 Å². The Morgan fingerprint density at radius 2 is 1.89 bits per heavy atom. The molecule has 0 saturated carbocycles. The van der Waals surface area contributed by atoms with E-state index in [0.29, 0.717) is 6.42 Å². The second-order valence-electron chi connectivity index (χ2n) is 4.01. The van der Waals surface area contributed by atoms with Gasteiger partial charge in [-0.1, -0.05) is 12.1 Å². The number of para-hydroxylation sites is 1. The summed E-state index contributed by atoms with van der Waals surface area (Å²) in [5.41, 5.74) is 0.491. The first-order chi connectivity index (χ1) is 9.16. The molecule has 1 heterocycles. The molecular weight excluding hydrogens is 250 g/mol. The van der Waals surface area contributed by atoms with E-state index in [9.17, 15) is 13.6 Å². The Kier molecular flexibility index (Phi) is 4.18. The summed E-state index contributed by atoms with van der Waals surface area (Å²) in [6.45, 7) is 0. The first-order valence-corrected chi connectivity index (χ1v) is 5.79. The average molecular weight is 262 g/mol. The molecule has 2 aromatic rings. The van der Waals surface area contributed by atoms with E-state index >= 15 is 0 Å². The number of hydrogen-bond acceptors (Lipinski definition) is 2. The van der Waals surface area contributed by atoms with E-state index < -0.39 is 23.2 Å². The summed E-state index contributed by atoms with van der Waals surface area (Å²) in [6, 6.07) is 7.04. The standard InChI is InChI=1S/C14H12F2N2O/c15-11-4-1-5-12(16)14(11)18-13(19)7-6-10-3-2-8-17-9-10/h1-5,8-9H,6-7H2,(H,18,19). The maximum absolute atomic E-state index is 13.3. The number of nitrogens with one attached hydrogen (secondary N) is 1. The van der Waals surface area contributed by atoms with Crippen molar-refractivity contribution in [3.05, 3.63) is 59.9 Å². The van der Waals surface area contributed by atoms with Gasteiger partial charge in [0.1, 0.15) is 17.3 Å². The van der Waals surface area contributed by atoms with Crippen molar-refractivity contribution < 1.29 is 13.6 Å². The fourth-order valence-corrected chi connectivity index (χ4v) is 1.62. The Morgan fingerprint density at radius 3 is 2.53 bits per heavy atom. The van der Waals surface area contributed by atoms with Crippen LogP contribution in [0.5, 0.6) is 0 Å². The van der Waals surface area contributed by atoms with Crippen LogP contribution in [-0.4, -0.2) is 10.9 Å². The lowest BCUT2D eigenvalue weighted by atomic mass is 10.1. The highest BCUT2D eigenvalue weighted by Crippen LogP contribution is 2.18. The Morgan fingerprint density at radius 1 is 1.16 bits per heavy atom. The van der Waals surface area contributed by atoms with Crippen LogP contribution >= 0.6 is 0 Å². The summed E-state index contributed by atoms with van der Waals surface area (Å²) in [7, 11) is 0. The largest absolute Gasteiger partial charge is 0.321 e. The van der Waals surface area contributed by atoms with E-state index in [1.165, 1.54) is 6.07 Å². The van der Waals surface area contributed by atoms with Crippen molar-refractivity contribution in [1.82, 2.24) is 4.98 Å². The second-order valence-corrected chi connectivity index (χ2v) is 4.01. The van der Waals surface area contributed by atoms with Crippen LogP contribution in [0.25, 0.3) is 0 Å². The van der Waals surface area contributed by atoms with E-state index in [1.54, 1.807) is 18.5 Å². The van der Waals surface area contributed by atoms with Crippen molar-refractivity contribution >= 4 is 11.6 Å². The third-order valence-electron chi connectivity index (χ3n) is 2.59. The van der Waals surface area contributed by atoms with E-state index in [1.807, 2.05) is 6.07 Å². The number of amides is 1. The molecule has 5 heteroatoms. The van der Waals surface area contributed by atoms with Crippen molar-refractivity contribution in [2.24, 2.45) is 0 Å². The van der Waals surface area contributed by atoms with Gasteiger partial charge in [-0.2, -0.15) is 0 Å². The zero-order valence-electron chi connectivity index (χ0n) is 10.1. The van der Waals surface area contributed by atoms with E-state index in [0.717, 1.165) is 17.7 Å². The first kappa shape index (κ1) is 13.1. The number of carbonyl (C=O) groups is 1. The molecule has 1 N–H and O–H groups in total. The van der Waals surface area contributed by atoms with Gasteiger partial charge < -0.3 is 5.32 Å². The molecule has 19 heavy (non-hydrogen) atoms. The van der Waals surface area contributed by atoms with Crippen LogP contribution < -0.4 is 5.32 Å². The van der Waals surface area contributed by atoms with E-state index in [-0.39, 0.29) is 6.42 Å². The number of rotatable bonds is 4. The van der Waals surface area contributed by atoms with Crippen molar-refractivity contribution in [1.29, 1.82) is 0 Å². The minimum absolute atomic E-state index is 0.138. The number of carbonyl (C=O) groups excluding carboxylic acids is 1. The van der Waals surface area contributed by atoms with E-state index in [2.05, 4.69) is 10.3 Å². The summed E-state index contributed by atoms with van der Waals surface area (Å²) in [4.78, 5) is 15.5. The lowest BCUT2D eigenvalue weighted by Gasteiger charge is -2.07.